The minimum Gasteiger partial charge on any atom is -0.481 e. The summed E-state index contributed by atoms with van der Waals surface area (Å²) in [5, 5.41) is 17.8. The van der Waals surface area contributed by atoms with Gasteiger partial charge in [0.05, 0.1) is 38.4 Å². The molecule has 0 spiro atoms. The first-order chi connectivity index (χ1) is 23.7. The molecule has 13 nitrogen and oxygen atoms in total. The first-order valence-corrected chi connectivity index (χ1v) is 18.4. The van der Waals surface area contributed by atoms with Crippen LogP contribution < -0.4 is 22.1 Å². The van der Waals surface area contributed by atoms with Crippen molar-refractivity contribution in [3.05, 3.63) is 45.9 Å². The third-order valence-electron chi connectivity index (χ3n) is 8.71. The Morgan fingerprint density at radius 1 is 0.980 bits per heavy atom. The summed E-state index contributed by atoms with van der Waals surface area (Å²) >= 11 is 1.25. The highest BCUT2D eigenvalue weighted by molar-refractivity contribution is 7.09. The van der Waals surface area contributed by atoms with Gasteiger partial charge in [0, 0.05) is 49.6 Å². The van der Waals surface area contributed by atoms with Crippen molar-refractivity contribution in [1.29, 1.82) is 0 Å². The lowest BCUT2D eigenvalue weighted by Gasteiger charge is -2.34. The Labute approximate surface area is 300 Å². The molecule has 0 aliphatic carbocycles. The summed E-state index contributed by atoms with van der Waals surface area (Å²) < 4.78 is 10.9. The van der Waals surface area contributed by atoms with Gasteiger partial charge in [-0.15, -0.1) is 11.3 Å². The summed E-state index contributed by atoms with van der Waals surface area (Å²) in [5.74, 6) is -1.97. The fourth-order valence-corrected chi connectivity index (χ4v) is 6.28. The average Bonchev–Trinajstić information content (AvgIpc) is 3.57. The van der Waals surface area contributed by atoms with Crippen LogP contribution in [-0.4, -0.2) is 90.8 Å². The van der Waals surface area contributed by atoms with Gasteiger partial charge in [0.2, 0.25) is 11.8 Å². The number of carboxylic acids is 1. The zero-order chi connectivity index (χ0) is 37.2. The van der Waals surface area contributed by atoms with E-state index >= 15 is 0 Å². The van der Waals surface area contributed by atoms with Crippen molar-refractivity contribution in [2.24, 2.45) is 23.5 Å². The van der Waals surface area contributed by atoms with Crippen molar-refractivity contribution >= 4 is 40.7 Å². The molecule has 3 amide bonds. The van der Waals surface area contributed by atoms with E-state index in [1.54, 1.807) is 36.4 Å². The molecule has 0 saturated heterocycles. The molecular weight excluding hydrogens is 660 g/mol. The zero-order valence-electron chi connectivity index (χ0n) is 30.5. The van der Waals surface area contributed by atoms with Gasteiger partial charge in [-0.2, -0.15) is 0 Å². The second kappa shape index (κ2) is 22.3. The number of hydrogen-bond donors (Lipinski definition) is 5. The monoisotopic (exact) mass is 718 g/mol. The second-order valence-electron chi connectivity index (χ2n) is 13.3. The van der Waals surface area contributed by atoms with Crippen LogP contribution in [0.25, 0.3) is 0 Å². The summed E-state index contributed by atoms with van der Waals surface area (Å²) in [4.78, 5) is 58.0. The number of thiazole rings is 1. The van der Waals surface area contributed by atoms with Crippen LogP contribution in [0.4, 0.5) is 5.69 Å². The van der Waals surface area contributed by atoms with E-state index in [1.807, 2.05) is 26.0 Å². The topological polar surface area (TPSA) is 199 Å². The van der Waals surface area contributed by atoms with Crippen LogP contribution in [0.1, 0.15) is 93.8 Å². The number of nitrogens with two attached hydrogens (primary N) is 2. The van der Waals surface area contributed by atoms with Gasteiger partial charge in [-0.1, -0.05) is 53.2 Å². The van der Waals surface area contributed by atoms with Crippen LogP contribution in [0.15, 0.2) is 29.6 Å². The molecule has 5 atom stereocenters. The SMILES string of the molecule is CC[C@H](C)CC(=O)N(C)[C@H](C[C@@H](NC(=O)CCOCCOCCN)c1nc(C(=O)N[C@@H](Cc2ccc(N)cc2)C[C@H](C)C(=O)O)cs1)C(C)C. The zero-order valence-corrected chi connectivity index (χ0v) is 31.3. The fourth-order valence-electron chi connectivity index (χ4n) is 5.42. The number of aliphatic carboxylic acids is 1. The third-order valence-corrected chi connectivity index (χ3v) is 9.67. The summed E-state index contributed by atoms with van der Waals surface area (Å²) in [7, 11) is 1.80. The number of amides is 3. The van der Waals surface area contributed by atoms with E-state index in [0.717, 1.165) is 12.0 Å². The minimum atomic E-state index is -0.950. The Balaban J connectivity index is 2.27. The molecule has 0 aliphatic heterocycles. The average molecular weight is 719 g/mol. The fraction of sp³-hybridized carbons (Fsp3) is 0.639. The lowest BCUT2D eigenvalue weighted by molar-refractivity contribution is -0.141. The lowest BCUT2D eigenvalue weighted by atomic mass is 9.94. The predicted octanol–water partition coefficient (Wildman–Crippen LogP) is 4.03. The standard InChI is InChI=1S/C36H58N6O7S/c1-7-24(4)18-33(44)42(6)31(23(2)3)21-29(40-32(43)12-14-48-16-17-49-15-13-37)35-41-30(22-50-35)34(45)39-28(19-25(5)36(46)47)20-26-8-10-27(38)11-9-26/h8-11,22-25,28-29,31H,7,12-21,37-38H2,1-6H3,(H,39,45)(H,40,43)(H,46,47)/t24-,25-,28+,29+,31+/m0/s1. The summed E-state index contributed by atoms with van der Waals surface area (Å²) in [6.07, 6.45) is 2.45. The van der Waals surface area contributed by atoms with E-state index in [2.05, 4.69) is 29.5 Å². The predicted molar refractivity (Wildman–Crippen MR) is 196 cm³/mol. The van der Waals surface area contributed by atoms with Gasteiger partial charge in [0.15, 0.2) is 0 Å². The molecule has 0 bridgehead atoms. The number of nitrogen functional groups attached to an aromatic ring is 1. The molecule has 7 N–H and O–H groups in total. The van der Waals surface area contributed by atoms with E-state index in [9.17, 15) is 24.3 Å². The molecule has 2 aromatic rings. The van der Waals surface area contributed by atoms with Crippen molar-refractivity contribution in [3.63, 3.8) is 0 Å². The molecular formula is C36H58N6O7S. The number of ether oxygens (including phenoxy) is 2. The molecule has 0 saturated carbocycles. The van der Waals surface area contributed by atoms with Gasteiger partial charge >= 0.3 is 5.97 Å². The van der Waals surface area contributed by atoms with Crippen molar-refractivity contribution in [2.75, 3.05) is 45.8 Å². The minimum absolute atomic E-state index is 0.0373. The molecule has 2 rings (SSSR count). The highest BCUT2D eigenvalue weighted by Gasteiger charge is 2.31. The quantitative estimate of drug-likeness (QED) is 0.0780. The van der Waals surface area contributed by atoms with Gasteiger partial charge in [-0.25, -0.2) is 4.98 Å². The first kappa shape index (κ1) is 42.6. The molecule has 1 aromatic heterocycles. The Hall–Kier alpha value is -3.59. The maximum absolute atomic E-state index is 13.5. The molecule has 50 heavy (non-hydrogen) atoms. The van der Waals surface area contributed by atoms with Crippen molar-refractivity contribution in [1.82, 2.24) is 20.5 Å². The molecule has 14 heteroatoms. The van der Waals surface area contributed by atoms with Gasteiger partial charge < -0.3 is 41.6 Å². The number of hydrogen-bond acceptors (Lipinski definition) is 10. The number of carboxylic acid groups (broad SMARTS) is 1. The molecule has 1 aromatic carbocycles. The summed E-state index contributed by atoms with van der Waals surface area (Å²) in [6, 6.07) is 5.96. The maximum atomic E-state index is 13.5. The van der Waals surface area contributed by atoms with Gasteiger partial charge in [0.25, 0.3) is 5.91 Å². The van der Waals surface area contributed by atoms with Crippen LogP contribution in [0.5, 0.6) is 0 Å². The first-order valence-electron chi connectivity index (χ1n) is 17.5. The largest absolute Gasteiger partial charge is 0.481 e. The Morgan fingerprint density at radius 3 is 2.24 bits per heavy atom. The molecule has 280 valence electrons. The van der Waals surface area contributed by atoms with Crippen molar-refractivity contribution in [2.45, 2.75) is 91.3 Å². The summed E-state index contributed by atoms with van der Waals surface area (Å²) in [6.45, 7) is 11.6. The van der Waals surface area contributed by atoms with E-state index in [4.69, 9.17) is 20.9 Å². The van der Waals surface area contributed by atoms with Gasteiger partial charge in [-0.3, -0.25) is 19.2 Å². The number of nitrogens with one attached hydrogen (secondary N) is 2. The van der Waals surface area contributed by atoms with Crippen LogP contribution in [0.3, 0.4) is 0 Å². The molecule has 1 heterocycles. The Morgan fingerprint density at radius 2 is 1.64 bits per heavy atom. The highest BCUT2D eigenvalue weighted by atomic mass is 32.1. The molecule has 0 aliphatic rings. The normalized spacial score (nSPS) is 14.4. The van der Waals surface area contributed by atoms with E-state index in [-0.39, 0.29) is 54.8 Å². The number of carbonyl (C=O) groups is 4. The van der Waals surface area contributed by atoms with E-state index < -0.39 is 29.9 Å². The van der Waals surface area contributed by atoms with Crippen LogP contribution in [0, 0.1) is 17.8 Å². The maximum Gasteiger partial charge on any atom is 0.306 e. The van der Waals surface area contributed by atoms with Crippen molar-refractivity contribution < 1.29 is 33.8 Å². The lowest BCUT2D eigenvalue weighted by Crippen LogP contribution is -2.44. The number of rotatable bonds is 24. The van der Waals surface area contributed by atoms with E-state index in [0.29, 0.717) is 56.3 Å². The number of aromatic nitrogens is 1. The number of carbonyl (C=O) groups excluding carboxylic acids is 3. The van der Waals surface area contributed by atoms with E-state index in [1.165, 1.54) is 11.3 Å². The Bertz CT molecular complexity index is 1340. The van der Waals surface area contributed by atoms with Crippen LogP contribution in [-0.2, 0) is 30.3 Å². The van der Waals surface area contributed by atoms with Gasteiger partial charge in [0.1, 0.15) is 10.7 Å². The third kappa shape index (κ3) is 15.1. The highest BCUT2D eigenvalue weighted by Crippen LogP contribution is 2.28. The van der Waals surface area contributed by atoms with Crippen molar-refractivity contribution in [3.8, 4) is 0 Å². The molecule has 0 unspecified atom stereocenters. The summed E-state index contributed by atoms with van der Waals surface area (Å²) in [5.41, 5.74) is 12.9. The molecule has 0 fully saturated rings. The van der Waals surface area contributed by atoms with Gasteiger partial charge in [-0.05, 0) is 48.8 Å². The van der Waals surface area contributed by atoms with Crippen LogP contribution in [0.2, 0.25) is 0 Å². The second-order valence-corrected chi connectivity index (χ2v) is 14.2. The number of benzene rings is 1. The van der Waals surface area contributed by atoms with Crippen LogP contribution >= 0.6 is 11.3 Å². The number of nitrogens with zero attached hydrogens (tertiary/aromatic N) is 2. The molecule has 0 radical (unpaired) electrons. The number of anilines is 1. The smallest absolute Gasteiger partial charge is 0.306 e. The Kier molecular flexibility index (Phi) is 19.0.